The van der Waals surface area contributed by atoms with E-state index in [1.54, 1.807) is 0 Å². The second kappa shape index (κ2) is 8.31. The summed E-state index contributed by atoms with van der Waals surface area (Å²) in [6.07, 6.45) is 8.15. The van der Waals surface area contributed by atoms with E-state index in [4.69, 9.17) is 0 Å². The topological polar surface area (TPSA) is 35.6 Å². The number of rotatable bonds is 6. The van der Waals surface area contributed by atoms with E-state index in [0.29, 0.717) is 5.92 Å². The molecule has 5 rings (SSSR count). The van der Waals surface area contributed by atoms with Crippen molar-refractivity contribution in [3.8, 4) is 0 Å². The van der Waals surface area contributed by atoms with Crippen LogP contribution in [0.25, 0.3) is 0 Å². The van der Waals surface area contributed by atoms with Gasteiger partial charge in [0.15, 0.2) is 0 Å². The predicted molar refractivity (Wildman–Crippen MR) is 125 cm³/mol. The lowest BCUT2D eigenvalue weighted by molar-refractivity contribution is 0.0584. The smallest absolute Gasteiger partial charge is 0.318 e. The van der Waals surface area contributed by atoms with E-state index < -0.39 is 0 Å². The molecule has 0 atom stereocenters. The Bertz CT molecular complexity index is 885. The van der Waals surface area contributed by atoms with Crippen LogP contribution in [-0.2, 0) is 12.1 Å². The van der Waals surface area contributed by atoms with Crippen molar-refractivity contribution >= 4 is 6.03 Å². The molecule has 164 valence electrons. The Morgan fingerprint density at radius 3 is 2.16 bits per heavy atom. The molecule has 3 aliphatic rings. The summed E-state index contributed by atoms with van der Waals surface area (Å²) in [5, 5.41) is 3.66. The fraction of sp³-hybridized carbons (Fsp3) is 0.519. The molecule has 4 nitrogen and oxygen atoms in total. The molecular formula is C27H35N3O. The summed E-state index contributed by atoms with van der Waals surface area (Å²) in [5.41, 5.74) is 2.60. The zero-order chi connectivity index (χ0) is 21.3. The maximum absolute atomic E-state index is 13.6. The predicted octanol–water partition coefficient (Wildman–Crippen LogP) is 5.15. The quantitative estimate of drug-likeness (QED) is 0.705. The highest BCUT2D eigenvalue weighted by Crippen LogP contribution is 2.47. The number of hydrogen-bond donors (Lipinski definition) is 1. The normalized spacial score (nSPS) is 28.9. The molecule has 2 amide bonds. The molecule has 0 unspecified atom stereocenters. The van der Waals surface area contributed by atoms with Gasteiger partial charge in [-0.25, -0.2) is 4.79 Å². The van der Waals surface area contributed by atoms with Gasteiger partial charge in [0, 0.05) is 25.2 Å². The molecule has 1 N–H and O–H groups in total. The van der Waals surface area contributed by atoms with E-state index in [-0.39, 0.29) is 17.1 Å². The van der Waals surface area contributed by atoms with Crippen LogP contribution in [0, 0.1) is 5.92 Å². The second-order valence-corrected chi connectivity index (χ2v) is 9.95. The number of benzene rings is 2. The fourth-order valence-corrected chi connectivity index (χ4v) is 6.02. The average Bonchev–Trinajstić information content (AvgIpc) is 3.03. The number of carbonyl (C=O) groups is 1. The van der Waals surface area contributed by atoms with Crippen LogP contribution in [0.4, 0.5) is 4.79 Å². The van der Waals surface area contributed by atoms with Gasteiger partial charge in [0.1, 0.15) is 0 Å². The van der Waals surface area contributed by atoms with Crippen LogP contribution < -0.4 is 5.32 Å². The maximum Gasteiger partial charge on any atom is 0.320 e. The van der Waals surface area contributed by atoms with Gasteiger partial charge < -0.3 is 15.1 Å². The molecule has 1 heterocycles. The van der Waals surface area contributed by atoms with Crippen LogP contribution in [0.15, 0.2) is 60.7 Å². The fourth-order valence-electron chi connectivity index (χ4n) is 6.02. The first-order chi connectivity index (χ1) is 15.1. The van der Waals surface area contributed by atoms with Crippen LogP contribution in [0.2, 0.25) is 0 Å². The van der Waals surface area contributed by atoms with Gasteiger partial charge in [-0.1, -0.05) is 67.1 Å². The van der Waals surface area contributed by atoms with E-state index in [1.165, 1.54) is 30.4 Å². The summed E-state index contributed by atoms with van der Waals surface area (Å²) in [6.45, 7) is 2.53. The molecule has 2 aliphatic carbocycles. The van der Waals surface area contributed by atoms with Crippen molar-refractivity contribution in [2.75, 3.05) is 20.1 Å². The van der Waals surface area contributed by atoms with Crippen molar-refractivity contribution in [3.05, 3.63) is 71.8 Å². The largest absolute Gasteiger partial charge is 0.320 e. The van der Waals surface area contributed by atoms with E-state index >= 15 is 0 Å². The van der Waals surface area contributed by atoms with Gasteiger partial charge in [0.25, 0.3) is 0 Å². The Morgan fingerprint density at radius 1 is 0.935 bits per heavy atom. The SMILES string of the molecule is CN[C@]1(c2ccccc2)CC[C@@]2(CC1)CN(Cc1ccccc1)C(=O)N2CC1CCC1. The molecule has 2 aromatic carbocycles. The van der Waals surface area contributed by atoms with E-state index in [0.717, 1.165) is 45.3 Å². The van der Waals surface area contributed by atoms with E-state index in [9.17, 15) is 4.79 Å². The standard InChI is InChI=1S/C27H35N3O/c1-28-27(24-13-6-3-7-14-24)17-15-26(16-18-27)21-29(19-22-9-4-2-5-10-22)25(31)30(26)20-23-11-8-12-23/h2-7,9-10,13-14,23,28H,8,11-12,15-21H2,1H3/t26-,27-. The summed E-state index contributed by atoms with van der Waals surface area (Å²) >= 11 is 0. The Morgan fingerprint density at radius 2 is 1.58 bits per heavy atom. The lowest BCUT2D eigenvalue weighted by Gasteiger charge is -2.49. The van der Waals surface area contributed by atoms with E-state index in [2.05, 4.69) is 76.8 Å². The second-order valence-electron chi connectivity index (χ2n) is 9.95. The van der Waals surface area contributed by atoms with Crippen molar-refractivity contribution in [2.24, 2.45) is 5.92 Å². The minimum atomic E-state index is -0.0173. The third-order valence-corrected chi connectivity index (χ3v) is 8.28. The Kier molecular flexibility index (Phi) is 5.51. The molecule has 2 aromatic rings. The minimum Gasteiger partial charge on any atom is -0.318 e. The minimum absolute atomic E-state index is 0.0173. The van der Waals surface area contributed by atoms with Crippen LogP contribution in [-0.4, -0.2) is 41.5 Å². The Labute approximate surface area is 186 Å². The van der Waals surface area contributed by atoms with Gasteiger partial charge in [-0.05, 0) is 62.6 Å². The Balaban J connectivity index is 1.38. The highest BCUT2D eigenvalue weighted by Gasteiger charge is 2.54. The molecule has 1 saturated heterocycles. The highest BCUT2D eigenvalue weighted by atomic mass is 16.2. The number of hydrogen-bond acceptors (Lipinski definition) is 2. The average molecular weight is 418 g/mol. The number of urea groups is 1. The van der Waals surface area contributed by atoms with Gasteiger partial charge in [-0.2, -0.15) is 0 Å². The van der Waals surface area contributed by atoms with Crippen molar-refractivity contribution in [2.45, 2.75) is 62.6 Å². The summed E-state index contributed by atoms with van der Waals surface area (Å²) < 4.78 is 0. The summed E-state index contributed by atoms with van der Waals surface area (Å²) in [4.78, 5) is 18.0. The summed E-state index contributed by atoms with van der Waals surface area (Å²) in [6, 6.07) is 21.6. The molecule has 31 heavy (non-hydrogen) atoms. The molecule has 0 radical (unpaired) electrons. The lowest BCUT2D eigenvalue weighted by atomic mass is 9.68. The van der Waals surface area contributed by atoms with Crippen LogP contribution in [0.3, 0.4) is 0 Å². The lowest BCUT2D eigenvalue weighted by Crippen LogP contribution is -2.56. The Hall–Kier alpha value is -2.33. The molecule has 2 saturated carbocycles. The number of carbonyl (C=O) groups excluding carboxylic acids is 1. The van der Waals surface area contributed by atoms with Crippen LogP contribution in [0.1, 0.15) is 56.1 Å². The molecular weight excluding hydrogens is 382 g/mol. The molecule has 0 bridgehead atoms. The van der Waals surface area contributed by atoms with Gasteiger partial charge in [-0.15, -0.1) is 0 Å². The highest BCUT2D eigenvalue weighted by molar-refractivity contribution is 5.78. The number of nitrogens with zero attached hydrogens (tertiary/aromatic N) is 2. The van der Waals surface area contributed by atoms with Gasteiger partial charge in [0.05, 0.1) is 5.54 Å². The molecule has 3 fully saturated rings. The molecule has 4 heteroatoms. The molecule has 1 aliphatic heterocycles. The molecule has 0 aromatic heterocycles. The van der Waals surface area contributed by atoms with Crippen molar-refractivity contribution < 1.29 is 4.79 Å². The van der Waals surface area contributed by atoms with Gasteiger partial charge in [0.2, 0.25) is 0 Å². The zero-order valence-electron chi connectivity index (χ0n) is 18.7. The third-order valence-electron chi connectivity index (χ3n) is 8.28. The van der Waals surface area contributed by atoms with Gasteiger partial charge in [-0.3, -0.25) is 0 Å². The van der Waals surface area contributed by atoms with Crippen LogP contribution >= 0.6 is 0 Å². The van der Waals surface area contributed by atoms with Gasteiger partial charge >= 0.3 is 6.03 Å². The number of amides is 2. The summed E-state index contributed by atoms with van der Waals surface area (Å²) in [7, 11) is 2.10. The first-order valence-corrected chi connectivity index (χ1v) is 12.0. The van der Waals surface area contributed by atoms with Crippen molar-refractivity contribution in [1.29, 1.82) is 0 Å². The first-order valence-electron chi connectivity index (χ1n) is 12.0. The zero-order valence-corrected chi connectivity index (χ0v) is 18.7. The summed E-state index contributed by atoms with van der Waals surface area (Å²) in [5.74, 6) is 0.697. The first kappa shape index (κ1) is 20.6. The third kappa shape index (κ3) is 3.76. The van der Waals surface area contributed by atoms with E-state index in [1.807, 2.05) is 6.07 Å². The number of nitrogens with one attached hydrogen (secondary N) is 1. The monoisotopic (exact) mass is 417 g/mol. The van der Waals surface area contributed by atoms with Crippen LogP contribution in [0.5, 0.6) is 0 Å². The van der Waals surface area contributed by atoms with Crippen molar-refractivity contribution in [1.82, 2.24) is 15.1 Å². The van der Waals surface area contributed by atoms with Crippen molar-refractivity contribution in [3.63, 3.8) is 0 Å². The maximum atomic E-state index is 13.6. The molecule has 1 spiro atoms.